The van der Waals surface area contributed by atoms with E-state index in [9.17, 15) is 13.6 Å². The van der Waals surface area contributed by atoms with E-state index in [4.69, 9.17) is 5.26 Å². The van der Waals surface area contributed by atoms with Gasteiger partial charge in [0.15, 0.2) is 0 Å². The molecule has 3 nitrogen and oxygen atoms in total. The van der Waals surface area contributed by atoms with Gasteiger partial charge in [0.2, 0.25) is 5.91 Å². The first-order valence-electron chi connectivity index (χ1n) is 5.75. The van der Waals surface area contributed by atoms with Gasteiger partial charge in [0.05, 0.1) is 12.5 Å². The number of carbonyl (C=O) groups is 1. The molecule has 1 aromatic carbocycles. The molecule has 0 N–H and O–H groups in total. The van der Waals surface area contributed by atoms with Gasteiger partial charge < -0.3 is 4.90 Å². The zero-order chi connectivity index (χ0) is 13.1. The first kappa shape index (κ1) is 12.5. The summed E-state index contributed by atoms with van der Waals surface area (Å²) in [6.07, 6.45) is 1.31. The molecule has 1 fully saturated rings. The van der Waals surface area contributed by atoms with Crippen LogP contribution in [-0.4, -0.2) is 23.4 Å². The molecule has 1 aliphatic rings. The molecule has 94 valence electrons. The summed E-state index contributed by atoms with van der Waals surface area (Å²) in [6.45, 7) is 0.528. The van der Waals surface area contributed by atoms with Crippen LogP contribution in [0, 0.1) is 23.0 Å². The van der Waals surface area contributed by atoms with Crippen LogP contribution in [0.25, 0.3) is 0 Å². The minimum atomic E-state index is -0.726. The number of hydrogen-bond acceptors (Lipinski definition) is 2. The van der Waals surface area contributed by atoms with Gasteiger partial charge in [-0.2, -0.15) is 5.26 Å². The van der Waals surface area contributed by atoms with E-state index in [1.807, 2.05) is 0 Å². The van der Waals surface area contributed by atoms with E-state index in [1.54, 1.807) is 0 Å². The second-order valence-corrected chi connectivity index (χ2v) is 4.29. The van der Waals surface area contributed by atoms with Gasteiger partial charge in [0, 0.05) is 12.6 Å². The molecule has 0 saturated carbocycles. The number of benzene rings is 1. The minimum Gasteiger partial charge on any atom is -0.326 e. The predicted octanol–water partition coefficient (Wildman–Crippen LogP) is 2.02. The summed E-state index contributed by atoms with van der Waals surface area (Å²) in [7, 11) is 0. The highest BCUT2D eigenvalue weighted by atomic mass is 19.1. The molecule has 0 aliphatic carbocycles. The van der Waals surface area contributed by atoms with Gasteiger partial charge in [-0.05, 0) is 24.5 Å². The van der Waals surface area contributed by atoms with E-state index in [1.165, 1.54) is 11.0 Å². The summed E-state index contributed by atoms with van der Waals surface area (Å²) in [5.74, 6) is -1.68. The summed E-state index contributed by atoms with van der Waals surface area (Å²) in [5, 5.41) is 8.87. The summed E-state index contributed by atoms with van der Waals surface area (Å²) >= 11 is 0. The van der Waals surface area contributed by atoms with Crippen LogP contribution in [0.15, 0.2) is 18.2 Å². The third kappa shape index (κ3) is 2.48. The van der Waals surface area contributed by atoms with E-state index in [0.717, 1.165) is 18.6 Å². The topological polar surface area (TPSA) is 44.1 Å². The van der Waals surface area contributed by atoms with Crippen molar-refractivity contribution in [3.63, 3.8) is 0 Å². The molecule has 1 heterocycles. The Labute approximate surface area is 104 Å². The lowest BCUT2D eigenvalue weighted by atomic mass is 10.1. The molecule has 2 rings (SSSR count). The minimum absolute atomic E-state index is 0.135. The largest absolute Gasteiger partial charge is 0.326 e. The van der Waals surface area contributed by atoms with Crippen molar-refractivity contribution in [2.75, 3.05) is 6.54 Å². The Morgan fingerprint density at radius 2 is 2.28 bits per heavy atom. The molecule has 1 amide bonds. The van der Waals surface area contributed by atoms with Crippen LogP contribution in [-0.2, 0) is 11.2 Å². The lowest BCUT2D eigenvalue weighted by molar-refractivity contribution is -0.130. The Bertz CT molecular complexity index is 510. The molecule has 0 radical (unpaired) electrons. The summed E-state index contributed by atoms with van der Waals surface area (Å²) in [6, 6.07) is 4.78. The molecule has 0 spiro atoms. The average molecular weight is 250 g/mol. The molecular formula is C13H12F2N2O. The van der Waals surface area contributed by atoms with E-state index in [-0.39, 0.29) is 17.9 Å². The molecular weight excluding hydrogens is 238 g/mol. The van der Waals surface area contributed by atoms with Gasteiger partial charge >= 0.3 is 0 Å². The molecule has 1 atom stereocenters. The molecule has 18 heavy (non-hydrogen) atoms. The SMILES string of the molecule is N#CC1CCCN1C(=O)Cc1ccc(F)cc1F. The Morgan fingerprint density at radius 1 is 1.50 bits per heavy atom. The van der Waals surface area contributed by atoms with Crippen molar-refractivity contribution in [3.8, 4) is 6.07 Å². The third-order valence-electron chi connectivity index (χ3n) is 3.08. The van der Waals surface area contributed by atoms with Gasteiger partial charge in [-0.15, -0.1) is 0 Å². The monoisotopic (exact) mass is 250 g/mol. The zero-order valence-corrected chi connectivity index (χ0v) is 9.70. The normalized spacial score (nSPS) is 18.7. The predicted molar refractivity (Wildman–Crippen MR) is 60.4 cm³/mol. The number of likely N-dealkylation sites (tertiary alicyclic amines) is 1. The van der Waals surface area contributed by atoms with Crippen molar-refractivity contribution in [1.29, 1.82) is 5.26 Å². The van der Waals surface area contributed by atoms with Gasteiger partial charge in [-0.25, -0.2) is 8.78 Å². The fourth-order valence-electron chi connectivity index (χ4n) is 2.13. The van der Waals surface area contributed by atoms with Gasteiger partial charge in [0.25, 0.3) is 0 Å². The highest BCUT2D eigenvalue weighted by Crippen LogP contribution is 2.19. The summed E-state index contributed by atoms with van der Waals surface area (Å²) < 4.78 is 26.1. The highest BCUT2D eigenvalue weighted by molar-refractivity contribution is 5.79. The standard InChI is InChI=1S/C13H12F2N2O/c14-10-4-3-9(12(15)7-10)6-13(18)17-5-1-2-11(17)8-16/h3-4,7,11H,1-2,5-6H2. The fourth-order valence-corrected chi connectivity index (χ4v) is 2.13. The van der Waals surface area contributed by atoms with Crippen LogP contribution < -0.4 is 0 Å². The number of nitriles is 1. The van der Waals surface area contributed by atoms with E-state index < -0.39 is 17.7 Å². The Balaban J connectivity index is 2.10. The molecule has 5 heteroatoms. The van der Waals surface area contributed by atoms with Gasteiger partial charge in [-0.1, -0.05) is 6.07 Å². The average Bonchev–Trinajstić information content (AvgIpc) is 2.81. The van der Waals surface area contributed by atoms with Gasteiger partial charge in [-0.3, -0.25) is 4.79 Å². The van der Waals surface area contributed by atoms with Crippen LogP contribution in [0.1, 0.15) is 18.4 Å². The van der Waals surface area contributed by atoms with Crippen molar-refractivity contribution >= 4 is 5.91 Å². The number of hydrogen-bond donors (Lipinski definition) is 0. The lowest BCUT2D eigenvalue weighted by Crippen LogP contribution is -2.35. The van der Waals surface area contributed by atoms with E-state index in [0.29, 0.717) is 13.0 Å². The summed E-state index contributed by atoms with van der Waals surface area (Å²) in [4.78, 5) is 13.4. The van der Waals surface area contributed by atoms with Crippen molar-refractivity contribution in [2.45, 2.75) is 25.3 Å². The molecule has 0 aromatic heterocycles. The first-order valence-corrected chi connectivity index (χ1v) is 5.75. The van der Waals surface area contributed by atoms with E-state index in [2.05, 4.69) is 6.07 Å². The quantitative estimate of drug-likeness (QED) is 0.806. The Morgan fingerprint density at radius 3 is 2.94 bits per heavy atom. The number of carbonyl (C=O) groups excluding carboxylic acids is 1. The third-order valence-corrected chi connectivity index (χ3v) is 3.08. The van der Waals surface area contributed by atoms with Crippen LogP contribution in [0.5, 0.6) is 0 Å². The van der Waals surface area contributed by atoms with Gasteiger partial charge in [0.1, 0.15) is 17.7 Å². The molecule has 1 unspecified atom stereocenters. The van der Waals surface area contributed by atoms with Crippen LogP contribution in [0.2, 0.25) is 0 Å². The number of rotatable bonds is 2. The molecule has 0 bridgehead atoms. The van der Waals surface area contributed by atoms with Crippen LogP contribution >= 0.6 is 0 Å². The molecule has 1 saturated heterocycles. The van der Waals surface area contributed by atoms with Crippen LogP contribution in [0.3, 0.4) is 0 Å². The lowest BCUT2D eigenvalue weighted by Gasteiger charge is -2.19. The maximum absolute atomic E-state index is 13.4. The Hall–Kier alpha value is -1.96. The number of nitrogens with zero attached hydrogens (tertiary/aromatic N) is 2. The Kier molecular flexibility index (Phi) is 3.56. The van der Waals surface area contributed by atoms with E-state index >= 15 is 0 Å². The number of halogens is 2. The maximum Gasteiger partial charge on any atom is 0.228 e. The maximum atomic E-state index is 13.4. The van der Waals surface area contributed by atoms with Crippen molar-refractivity contribution in [3.05, 3.63) is 35.4 Å². The van der Waals surface area contributed by atoms with Crippen LogP contribution in [0.4, 0.5) is 8.78 Å². The second kappa shape index (κ2) is 5.13. The number of amides is 1. The first-order chi connectivity index (χ1) is 8.61. The highest BCUT2D eigenvalue weighted by Gasteiger charge is 2.28. The molecule has 1 aromatic rings. The smallest absolute Gasteiger partial charge is 0.228 e. The summed E-state index contributed by atoms with van der Waals surface area (Å²) in [5.41, 5.74) is 0.157. The van der Waals surface area contributed by atoms with Crippen molar-refractivity contribution in [1.82, 2.24) is 4.90 Å². The van der Waals surface area contributed by atoms with Crippen molar-refractivity contribution < 1.29 is 13.6 Å². The molecule has 1 aliphatic heterocycles. The van der Waals surface area contributed by atoms with Crippen molar-refractivity contribution in [2.24, 2.45) is 0 Å². The second-order valence-electron chi connectivity index (χ2n) is 4.29. The fraction of sp³-hybridized carbons (Fsp3) is 0.385. The zero-order valence-electron chi connectivity index (χ0n) is 9.70.